The summed E-state index contributed by atoms with van der Waals surface area (Å²) in [5.41, 5.74) is 8.37. The Hall–Kier alpha value is -3.39. The number of ether oxygens (including phenoxy) is 3. The SMILES string of the molecule is CNc1ccc(-c2ccc(C(=O)NCCCCN3CCC(c4ccc5c(c4OCCOC4CCCCO4)CCCC5)CC3)cc2)cc1. The van der Waals surface area contributed by atoms with E-state index in [9.17, 15) is 4.79 Å². The molecule has 0 saturated carbocycles. The first-order valence-electron chi connectivity index (χ1n) is 18.1. The van der Waals surface area contributed by atoms with Crippen molar-refractivity contribution in [2.75, 3.05) is 58.4 Å². The predicted molar refractivity (Wildman–Crippen MR) is 190 cm³/mol. The molecule has 3 aromatic rings. The number of nitrogens with one attached hydrogen (secondary N) is 2. The van der Waals surface area contributed by atoms with Crippen LogP contribution in [0.25, 0.3) is 11.1 Å². The van der Waals surface area contributed by atoms with Gasteiger partial charge >= 0.3 is 0 Å². The van der Waals surface area contributed by atoms with E-state index in [2.05, 4.69) is 51.9 Å². The Kier molecular flexibility index (Phi) is 12.2. The van der Waals surface area contributed by atoms with E-state index in [0.717, 1.165) is 100 Å². The van der Waals surface area contributed by atoms with Crippen molar-refractivity contribution in [1.29, 1.82) is 0 Å². The lowest BCUT2D eigenvalue weighted by molar-refractivity contribution is -0.165. The molecule has 7 heteroatoms. The minimum Gasteiger partial charge on any atom is -0.491 e. The second-order valence-electron chi connectivity index (χ2n) is 13.3. The van der Waals surface area contributed by atoms with Crippen molar-refractivity contribution in [1.82, 2.24) is 10.2 Å². The number of amides is 1. The molecular formula is C40H53N3O4. The van der Waals surface area contributed by atoms with Crippen molar-refractivity contribution >= 4 is 11.6 Å². The fourth-order valence-corrected chi connectivity index (χ4v) is 7.35. The molecule has 2 fully saturated rings. The zero-order valence-electron chi connectivity index (χ0n) is 28.2. The molecule has 0 radical (unpaired) electrons. The summed E-state index contributed by atoms with van der Waals surface area (Å²) in [6, 6.07) is 20.9. The van der Waals surface area contributed by atoms with Crippen LogP contribution >= 0.6 is 0 Å². The lowest BCUT2D eigenvalue weighted by Gasteiger charge is -2.34. The summed E-state index contributed by atoms with van der Waals surface area (Å²) in [4.78, 5) is 15.3. The third-order valence-electron chi connectivity index (χ3n) is 10.2. The summed E-state index contributed by atoms with van der Waals surface area (Å²) in [7, 11) is 1.92. The number of hydrogen-bond donors (Lipinski definition) is 2. The van der Waals surface area contributed by atoms with Crippen LogP contribution in [0.15, 0.2) is 60.7 Å². The van der Waals surface area contributed by atoms with Crippen LogP contribution in [0, 0.1) is 0 Å². The smallest absolute Gasteiger partial charge is 0.251 e. The molecule has 2 heterocycles. The highest BCUT2D eigenvalue weighted by atomic mass is 16.7. The van der Waals surface area contributed by atoms with Crippen LogP contribution in [0.3, 0.4) is 0 Å². The number of aryl methyl sites for hydroxylation is 1. The fraction of sp³-hybridized carbons (Fsp3) is 0.525. The third-order valence-corrected chi connectivity index (χ3v) is 10.2. The van der Waals surface area contributed by atoms with E-state index in [0.29, 0.717) is 31.2 Å². The number of likely N-dealkylation sites (tertiary alicyclic amines) is 1. The zero-order chi connectivity index (χ0) is 32.3. The van der Waals surface area contributed by atoms with Gasteiger partial charge in [-0.25, -0.2) is 0 Å². The second kappa shape index (κ2) is 17.1. The monoisotopic (exact) mass is 639 g/mol. The van der Waals surface area contributed by atoms with Crippen molar-refractivity contribution in [3.05, 3.63) is 82.9 Å². The van der Waals surface area contributed by atoms with Gasteiger partial charge in [0.2, 0.25) is 0 Å². The summed E-state index contributed by atoms with van der Waals surface area (Å²) < 4.78 is 18.3. The fourth-order valence-electron chi connectivity index (χ4n) is 7.35. The van der Waals surface area contributed by atoms with Gasteiger partial charge in [0.15, 0.2) is 6.29 Å². The van der Waals surface area contributed by atoms with E-state index in [1.165, 1.54) is 36.0 Å². The minimum atomic E-state index is -0.0672. The number of anilines is 1. The van der Waals surface area contributed by atoms with Crippen LogP contribution in [-0.4, -0.2) is 70.1 Å². The second-order valence-corrected chi connectivity index (χ2v) is 13.3. The molecule has 1 atom stereocenters. The van der Waals surface area contributed by atoms with E-state index in [1.807, 2.05) is 31.3 Å². The van der Waals surface area contributed by atoms with Crippen molar-refractivity contribution in [2.45, 2.75) is 82.8 Å². The first-order chi connectivity index (χ1) is 23.2. The van der Waals surface area contributed by atoms with Gasteiger partial charge in [-0.2, -0.15) is 0 Å². The van der Waals surface area contributed by atoms with E-state index >= 15 is 0 Å². The standard InChI is InChI=1S/C40H53N3O4/c1-41-35-18-15-31(16-19-35)30-11-13-34(14-12-30)40(44)42-23-5-6-24-43-25-21-33(22-26-43)37-20-17-32-8-2-3-9-36(32)39(37)47-29-28-46-38-10-4-7-27-45-38/h11-20,33,38,41H,2-10,21-29H2,1H3,(H,42,44). The van der Waals surface area contributed by atoms with Crippen molar-refractivity contribution in [2.24, 2.45) is 0 Å². The average molecular weight is 640 g/mol. The van der Waals surface area contributed by atoms with E-state index in [4.69, 9.17) is 14.2 Å². The summed E-state index contributed by atoms with van der Waals surface area (Å²) >= 11 is 0. The largest absolute Gasteiger partial charge is 0.491 e. The van der Waals surface area contributed by atoms with Gasteiger partial charge in [-0.1, -0.05) is 36.4 Å². The molecule has 0 aromatic heterocycles. The van der Waals surface area contributed by atoms with Gasteiger partial charge in [-0.15, -0.1) is 0 Å². The number of rotatable bonds is 14. The normalized spacial score (nSPS) is 18.8. The first-order valence-corrected chi connectivity index (χ1v) is 18.1. The lowest BCUT2D eigenvalue weighted by Crippen LogP contribution is -2.34. The number of carbonyl (C=O) groups is 1. The Balaban J connectivity index is 0.919. The Morgan fingerprint density at radius 3 is 2.36 bits per heavy atom. The van der Waals surface area contributed by atoms with Crippen LogP contribution < -0.4 is 15.4 Å². The molecule has 2 saturated heterocycles. The van der Waals surface area contributed by atoms with Gasteiger partial charge in [0.05, 0.1) is 6.61 Å². The van der Waals surface area contributed by atoms with E-state index < -0.39 is 0 Å². The average Bonchev–Trinajstić information content (AvgIpc) is 3.14. The van der Waals surface area contributed by atoms with Crippen LogP contribution in [0.2, 0.25) is 0 Å². The predicted octanol–water partition coefficient (Wildman–Crippen LogP) is 7.59. The molecule has 7 nitrogen and oxygen atoms in total. The molecule has 3 aromatic carbocycles. The molecule has 252 valence electrons. The van der Waals surface area contributed by atoms with Gasteiger partial charge in [0, 0.05) is 31.5 Å². The molecule has 1 aliphatic carbocycles. The maximum Gasteiger partial charge on any atom is 0.251 e. The van der Waals surface area contributed by atoms with E-state index in [-0.39, 0.29) is 12.2 Å². The highest BCUT2D eigenvalue weighted by molar-refractivity contribution is 5.94. The molecule has 0 bridgehead atoms. The number of benzene rings is 3. The van der Waals surface area contributed by atoms with Crippen LogP contribution in [0.5, 0.6) is 5.75 Å². The number of piperidine rings is 1. The van der Waals surface area contributed by atoms with Crippen molar-refractivity contribution in [3.8, 4) is 16.9 Å². The van der Waals surface area contributed by atoms with Gasteiger partial charge in [-0.3, -0.25) is 4.79 Å². The Bertz CT molecular complexity index is 1410. The molecule has 2 N–H and O–H groups in total. The molecule has 3 aliphatic rings. The molecular weight excluding hydrogens is 586 g/mol. The molecule has 2 aliphatic heterocycles. The topological polar surface area (TPSA) is 72.1 Å². The number of hydrogen-bond acceptors (Lipinski definition) is 6. The number of carbonyl (C=O) groups excluding carboxylic acids is 1. The van der Waals surface area contributed by atoms with Gasteiger partial charge in [0.1, 0.15) is 12.4 Å². The Morgan fingerprint density at radius 1 is 0.851 bits per heavy atom. The number of nitrogens with zero attached hydrogens (tertiary/aromatic N) is 1. The molecule has 6 rings (SSSR count). The summed E-state index contributed by atoms with van der Waals surface area (Å²) in [5.74, 6) is 1.69. The highest BCUT2D eigenvalue weighted by Gasteiger charge is 2.26. The third kappa shape index (κ3) is 9.16. The lowest BCUT2D eigenvalue weighted by atomic mass is 9.83. The number of unbranched alkanes of at least 4 members (excludes halogenated alkanes) is 1. The van der Waals surface area contributed by atoms with Crippen LogP contribution in [0.1, 0.15) is 90.8 Å². The zero-order valence-corrected chi connectivity index (χ0v) is 28.2. The Labute approximate surface area is 281 Å². The summed E-state index contributed by atoms with van der Waals surface area (Å²) in [6.45, 7) is 5.97. The van der Waals surface area contributed by atoms with Crippen LogP contribution in [-0.2, 0) is 22.3 Å². The van der Waals surface area contributed by atoms with Gasteiger partial charge in [-0.05, 0) is 148 Å². The molecule has 0 spiro atoms. The first kappa shape index (κ1) is 33.5. The maximum absolute atomic E-state index is 12.7. The molecule has 1 unspecified atom stereocenters. The van der Waals surface area contributed by atoms with Crippen molar-refractivity contribution < 1.29 is 19.0 Å². The quantitative estimate of drug-likeness (QED) is 0.177. The van der Waals surface area contributed by atoms with Crippen LogP contribution in [0.4, 0.5) is 5.69 Å². The van der Waals surface area contributed by atoms with Gasteiger partial charge < -0.3 is 29.7 Å². The Morgan fingerprint density at radius 2 is 1.62 bits per heavy atom. The van der Waals surface area contributed by atoms with Gasteiger partial charge in [0.25, 0.3) is 5.91 Å². The van der Waals surface area contributed by atoms with Crippen molar-refractivity contribution in [3.63, 3.8) is 0 Å². The highest BCUT2D eigenvalue weighted by Crippen LogP contribution is 2.40. The molecule has 1 amide bonds. The summed E-state index contributed by atoms with van der Waals surface area (Å²) in [5, 5.41) is 6.26. The molecule has 47 heavy (non-hydrogen) atoms. The summed E-state index contributed by atoms with van der Waals surface area (Å²) in [6.07, 6.45) is 12.4. The maximum atomic E-state index is 12.7. The van der Waals surface area contributed by atoms with E-state index in [1.54, 1.807) is 0 Å². The number of fused-ring (bicyclic) bond motifs is 1. The minimum absolute atomic E-state index is 0.000139.